The summed E-state index contributed by atoms with van der Waals surface area (Å²) in [5, 5.41) is 0. The van der Waals surface area contributed by atoms with Crippen LogP contribution in [0.15, 0.2) is 11.5 Å². The minimum Gasteiger partial charge on any atom is -0.458 e. The highest BCUT2D eigenvalue weighted by Crippen LogP contribution is 2.76. The SMILES string of the molecule is C1CC2C(C1)C1CC2C2C3CC(C4=C3O4)C12.CC.CC.CC.CC. The fourth-order valence-electron chi connectivity index (χ4n) is 7.09. The Kier molecular flexibility index (Phi) is 6.85. The van der Waals surface area contributed by atoms with Gasteiger partial charge in [-0.15, -0.1) is 0 Å². The highest BCUT2D eigenvalue weighted by Gasteiger charge is 2.71. The molecule has 4 bridgehead atoms. The van der Waals surface area contributed by atoms with E-state index >= 15 is 0 Å². The first-order chi connectivity index (χ1) is 11.9. The van der Waals surface area contributed by atoms with Crippen molar-refractivity contribution in [2.24, 2.45) is 47.3 Å². The molecule has 4 saturated carbocycles. The van der Waals surface area contributed by atoms with Crippen molar-refractivity contribution < 1.29 is 4.74 Å². The first-order valence-corrected chi connectivity index (χ1v) is 11.4. The van der Waals surface area contributed by atoms with Gasteiger partial charge in [-0.2, -0.15) is 0 Å². The third-order valence-corrected chi connectivity index (χ3v) is 7.23. The second-order valence-electron chi connectivity index (χ2n) is 7.26. The molecular weight excluding hydrogens is 292 g/mol. The van der Waals surface area contributed by atoms with Crippen molar-refractivity contribution in [1.82, 2.24) is 0 Å². The lowest BCUT2D eigenvalue weighted by molar-refractivity contribution is 0.108. The van der Waals surface area contributed by atoms with E-state index in [1.165, 1.54) is 17.9 Å². The normalized spacial score (nSPS) is 45.7. The van der Waals surface area contributed by atoms with Crippen LogP contribution in [0, 0.1) is 47.3 Å². The molecule has 1 nitrogen and oxygen atoms in total. The third-order valence-electron chi connectivity index (χ3n) is 7.23. The fourth-order valence-corrected chi connectivity index (χ4v) is 7.09. The summed E-state index contributed by atoms with van der Waals surface area (Å²) in [6.45, 7) is 16.0. The maximum atomic E-state index is 5.76. The molecule has 6 rings (SSSR count). The van der Waals surface area contributed by atoms with Crippen molar-refractivity contribution in [2.45, 2.75) is 87.5 Å². The Balaban J connectivity index is 0.000000234. The van der Waals surface area contributed by atoms with Gasteiger partial charge in [0.2, 0.25) is 0 Å². The van der Waals surface area contributed by atoms with Gasteiger partial charge in [0, 0.05) is 11.8 Å². The first kappa shape index (κ1) is 19.9. The molecule has 140 valence electrons. The van der Waals surface area contributed by atoms with Crippen molar-refractivity contribution in [2.75, 3.05) is 0 Å². The van der Waals surface area contributed by atoms with E-state index in [0.29, 0.717) is 0 Å². The number of allylic oxidation sites excluding steroid dienone is 2. The number of fused-ring (bicyclic) bond motifs is 14. The van der Waals surface area contributed by atoms with Crippen LogP contribution < -0.4 is 0 Å². The quantitative estimate of drug-likeness (QED) is 0.424. The number of hydrogen-bond donors (Lipinski definition) is 0. The fraction of sp³-hybridized carbons (Fsp3) is 0.913. The molecule has 0 amide bonds. The minimum absolute atomic E-state index is 0.904. The summed E-state index contributed by atoms with van der Waals surface area (Å²) < 4.78 is 5.76. The van der Waals surface area contributed by atoms with Gasteiger partial charge in [-0.05, 0) is 61.2 Å². The standard InChI is InChI=1S/C15H18O.4C2H6/c1-2-6-7(3-1)9-4-8(6)12-10-5-11(13(9)12)15-14(10)16-15;4*1-2/h6-13H,1-5H2;4*1-2H3. The molecule has 6 aliphatic rings. The summed E-state index contributed by atoms with van der Waals surface area (Å²) in [7, 11) is 0. The molecule has 5 aliphatic carbocycles. The predicted octanol–water partition coefficient (Wildman–Crippen LogP) is 7.28. The van der Waals surface area contributed by atoms with Crippen molar-refractivity contribution in [1.29, 1.82) is 0 Å². The van der Waals surface area contributed by atoms with Crippen LogP contribution in [0.25, 0.3) is 0 Å². The van der Waals surface area contributed by atoms with Crippen LogP contribution in [-0.2, 0) is 4.74 Å². The molecule has 1 heteroatoms. The second kappa shape index (κ2) is 8.28. The summed E-state index contributed by atoms with van der Waals surface area (Å²) >= 11 is 0. The van der Waals surface area contributed by atoms with Gasteiger partial charge in [0.25, 0.3) is 0 Å². The molecule has 4 fully saturated rings. The molecular formula is C23H42O. The van der Waals surface area contributed by atoms with Gasteiger partial charge in [-0.25, -0.2) is 0 Å². The maximum Gasteiger partial charge on any atom is 0.146 e. The van der Waals surface area contributed by atoms with Crippen LogP contribution in [0.1, 0.15) is 87.5 Å². The summed E-state index contributed by atoms with van der Waals surface area (Å²) in [6, 6.07) is 0. The molecule has 0 aromatic carbocycles. The monoisotopic (exact) mass is 334 g/mol. The van der Waals surface area contributed by atoms with Crippen molar-refractivity contribution in [3.8, 4) is 0 Å². The molecule has 1 heterocycles. The van der Waals surface area contributed by atoms with E-state index in [1.54, 1.807) is 25.7 Å². The van der Waals surface area contributed by atoms with Crippen LogP contribution in [-0.4, -0.2) is 0 Å². The van der Waals surface area contributed by atoms with Crippen LogP contribution in [0.4, 0.5) is 0 Å². The lowest BCUT2D eigenvalue weighted by Gasteiger charge is -2.37. The Labute approximate surface area is 151 Å². The molecule has 0 N–H and O–H groups in total. The van der Waals surface area contributed by atoms with Crippen molar-refractivity contribution in [3.05, 3.63) is 11.5 Å². The lowest BCUT2D eigenvalue weighted by Crippen LogP contribution is -2.34. The second-order valence-corrected chi connectivity index (χ2v) is 7.26. The summed E-state index contributed by atoms with van der Waals surface area (Å²) in [4.78, 5) is 0. The Hall–Kier alpha value is -0.460. The predicted molar refractivity (Wildman–Crippen MR) is 105 cm³/mol. The highest BCUT2D eigenvalue weighted by atomic mass is 16.6. The van der Waals surface area contributed by atoms with E-state index in [0.717, 1.165) is 47.3 Å². The van der Waals surface area contributed by atoms with Gasteiger partial charge in [0.1, 0.15) is 11.5 Å². The molecule has 24 heavy (non-hydrogen) atoms. The highest BCUT2D eigenvalue weighted by molar-refractivity contribution is 5.38. The molecule has 8 atom stereocenters. The zero-order valence-electron chi connectivity index (χ0n) is 17.6. The molecule has 1 aliphatic heterocycles. The van der Waals surface area contributed by atoms with Crippen LogP contribution in [0.5, 0.6) is 0 Å². The Morgan fingerprint density at radius 1 is 0.583 bits per heavy atom. The van der Waals surface area contributed by atoms with Crippen LogP contribution >= 0.6 is 0 Å². The minimum atomic E-state index is 0.904. The van der Waals surface area contributed by atoms with E-state index in [2.05, 4.69) is 0 Å². The summed E-state index contributed by atoms with van der Waals surface area (Å²) in [5.74, 6) is 11.5. The van der Waals surface area contributed by atoms with E-state index in [9.17, 15) is 0 Å². The summed E-state index contributed by atoms with van der Waals surface area (Å²) in [6.07, 6.45) is 7.78. The van der Waals surface area contributed by atoms with Gasteiger partial charge in [0.15, 0.2) is 0 Å². The van der Waals surface area contributed by atoms with Gasteiger partial charge < -0.3 is 4.74 Å². The summed E-state index contributed by atoms with van der Waals surface area (Å²) in [5.41, 5.74) is 0. The van der Waals surface area contributed by atoms with E-state index in [4.69, 9.17) is 4.74 Å². The molecule has 0 aromatic heterocycles. The van der Waals surface area contributed by atoms with E-state index < -0.39 is 0 Å². The molecule has 0 radical (unpaired) electrons. The zero-order valence-corrected chi connectivity index (χ0v) is 17.6. The number of rotatable bonds is 0. The third kappa shape index (κ3) is 2.56. The topological polar surface area (TPSA) is 12.5 Å². The average molecular weight is 335 g/mol. The Morgan fingerprint density at radius 3 is 1.42 bits per heavy atom. The number of hydrogen-bond acceptors (Lipinski definition) is 1. The molecule has 8 unspecified atom stereocenters. The lowest BCUT2D eigenvalue weighted by atomic mass is 9.66. The van der Waals surface area contributed by atoms with Crippen molar-refractivity contribution in [3.63, 3.8) is 0 Å². The number of ether oxygens (including phenoxy) is 1. The zero-order chi connectivity index (χ0) is 18.0. The van der Waals surface area contributed by atoms with Crippen LogP contribution in [0.2, 0.25) is 0 Å². The maximum absolute atomic E-state index is 5.76. The average Bonchev–Trinajstić information content (AvgIpc) is 3.15. The Bertz CT molecular complexity index is 401. The largest absolute Gasteiger partial charge is 0.458 e. The van der Waals surface area contributed by atoms with E-state index in [-0.39, 0.29) is 0 Å². The van der Waals surface area contributed by atoms with Gasteiger partial charge >= 0.3 is 0 Å². The van der Waals surface area contributed by atoms with Gasteiger partial charge in [0.05, 0.1) is 0 Å². The molecule has 0 spiro atoms. The molecule has 0 aromatic rings. The smallest absolute Gasteiger partial charge is 0.146 e. The first-order valence-electron chi connectivity index (χ1n) is 11.4. The van der Waals surface area contributed by atoms with Crippen molar-refractivity contribution >= 4 is 0 Å². The molecule has 0 saturated heterocycles. The van der Waals surface area contributed by atoms with Crippen LogP contribution in [0.3, 0.4) is 0 Å². The van der Waals surface area contributed by atoms with Gasteiger partial charge in [-0.1, -0.05) is 61.8 Å². The van der Waals surface area contributed by atoms with E-state index in [1.807, 2.05) is 55.4 Å². The van der Waals surface area contributed by atoms with Gasteiger partial charge in [-0.3, -0.25) is 0 Å². The Morgan fingerprint density at radius 2 is 1.00 bits per heavy atom.